The first-order valence-electron chi connectivity index (χ1n) is 9.60. The van der Waals surface area contributed by atoms with Crippen molar-refractivity contribution >= 4 is 5.91 Å². The number of hydrogen-bond acceptors (Lipinski definition) is 6. The highest BCUT2D eigenvalue weighted by molar-refractivity contribution is 5.78. The van der Waals surface area contributed by atoms with Gasteiger partial charge in [0.2, 0.25) is 11.8 Å². The normalized spacial score (nSPS) is 16.9. The molecule has 1 aromatic heterocycles. The molecule has 0 spiro atoms. The second-order valence-electron chi connectivity index (χ2n) is 7.26. The van der Waals surface area contributed by atoms with Crippen LogP contribution in [0.5, 0.6) is 11.5 Å². The van der Waals surface area contributed by atoms with Gasteiger partial charge in [0.05, 0.1) is 25.5 Å². The molecule has 3 rings (SSSR count). The molecule has 1 aromatic carbocycles. The summed E-state index contributed by atoms with van der Waals surface area (Å²) in [5.74, 6) is 3.17. The first-order chi connectivity index (χ1) is 13.5. The predicted octanol–water partition coefficient (Wildman–Crippen LogP) is 2.97. The molecule has 2 heterocycles. The van der Waals surface area contributed by atoms with Crippen molar-refractivity contribution in [2.45, 2.75) is 26.8 Å². The van der Waals surface area contributed by atoms with Crippen LogP contribution in [-0.4, -0.2) is 61.6 Å². The molecule has 1 atom stereocenters. The highest BCUT2D eigenvalue weighted by Gasteiger charge is 2.29. The fourth-order valence-electron chi connectivity index (χ4n) is 3.79. The van der Waals surface area contributed by atoms with Gasteiger partial charge in [-0.1, -0.05) is 6.07 Å². The lowest BCUT2D eigenvalue weighted by Gasteiger charge is -2.20. The van der Waals surface area contributed by atoms with Gasteiger partial charge in [0, 0.05) is 32.6 Å². The van der Waals surface area contributed by atoms with Crippen molar-refractivity contribution in [3.8, 4) is 23.0 Å². The minimum absolute atomic E-state index is 0.255. The number of rotatable bonds is 8. The van der Waals surface area contributed by atoms with Crippen LogP contribution in [0.1, 0.15) is 24.8 Å². The maximum atomic E-state index is 11.9. The van der Waals surface area contributed by atoms with Gasteiger partial charge in [0.15, 0.2) is 11.5 Å². The zero-order valence-electron chi connectivity index (χ0n) is 17.3. The molecule has 2 aromatic rings. The lowest BCUT2D eigenvalue weighted by Crippen LogP contribution is -2.28. The predicted molar refractivity (Wildman–Crippen MR) is 106 cm³/mol. The Hall–Kier alpha value is -2.54. The van der Waals surface area contributed by atoms with E-state index in [2.05, 4.69) is 11.9 Å². The summed E-state index contributed by atoms with van der Waals surface area (Å²) >= 11 is 0. The number of likely N-dealkylation sites (tertiary alicyclic amines) is 1. The fraction of sp³-hybridized carbons (Fsp3) is 0.524. The van der Waals surface area contributed by atoms with Crippen LogP contribution < -0.4 is 9.47 Å². The fourth-order valence-corrected chi connectivity index (χ4v) is 3.79. The van der Waals surface area contributed by atoms with Gasteiger partial charge >= 0.3 is 0 Å². The number of ether oxygens (including phenoxy) is 2. The number of aryl methyl sites for hydroxylation is 1. The van der Waals surface area contributed by atoms with Crippen molar-refractivity contribution in [2.75, 3.05) is 40.9 Å². The summed E-state index contributed by atoms with van der Waals surface area (Å²) in [6, 6.07) is 5.64. The number of carbonyl (C=O) groups is 1. The molecule has 0 saturated carbocycles. The zero-order valence-corrected chi connectivity index (χ0v) is 17.3. The number of nitrogens with zero attached hydrogens (tertiary/aromatic N) is 3. The molecule has 1 fully saturated rings. The number of benzene rings is 1. The van der Waals surface area contributed by atoms with Gasteiger partial charge in [0.25, 0.3) is 0 Å². The standard InChI is InChI=1S/C21H29N3O4/c1-6-24-12-15(10-19(24)25)11-23(3)13-17-14(2)28-21(22-17)16-8-7-9-18(26-4)20(16)27-5/h7-9,15H,6,10-13H2,1-5H3/t15-/m0/s1. The average Bonchev–Trinajstić information content (AvgIpc) is 3.22. The Labute approximate surface area is 166 Å². The first kappa shape index (κ1) is 20.2. The van der Waals surface area contributed by atoms with E-state index >= 15 is 0 Å². The number of methoxy groups -OCH3 is 2. The van der Waals surface area contributed by atoms with Crippen molar-refractivity contribution in [1.29, 1.82) is 0 Å². The second-order valence-corrected chi connectivity index (χ2v) is 7.26. The smallest absolute Gasteiger partial charge is 0.230 e. The Balaban J connectivity index is 1.72. The summed E-state index contributed by atoms with van der Waals surface area (Å²) in [5, 5.41) is 0. The third kappa shape index (κ3) is 4.14. The maximum absolute atomic E-state index is 11.9. The minimum atomic E-state index is 0.255. The molecule has 1 aliphatic rings. The van der Waals surface area contributed by atoms with E-state index in [-0.39, 0.29) is 5.91 Å². The van der Waals surface area contributed by atoms with Crippen LogP contribution >= 0.6 is 0 Å². The molecule has 1 saturated heterocycles. The van der Waals surface area contributed by atoms with Crippen molar-refractivity contribution in [3.05, 3.63) is 29.7 Å². The van der Waals surface area contributed by atoms with Crippen molar-refractivity contribution in [3.63, 3.8) is 0 Å². The molecule has 152 valence electrons. The van der Waals surface area contributed by atoms with E-state index in [1.165, 1.54) is 0 Å². The van der Waals surface area contributed by atoms with Crippen LogP contribution in [0.2, 0.25) is 0 Å². The summed E-state index contributed by atoms with van der Waals surface area (Å²) in [6.07, 6.45) is 0.627. The average molecular weight is 387 g/mol. The highest BCUT2D eigenvalue weighted by Crippen LogP contribution is 2.38. The molecule has 0 N–H and O–H groups in total. The largest absolute Gasteiger partial charge is 0.493 e. The number of carbonyl (C=O) groups excluding carboxylic acids is 1. The van der Waals surface area contributed by atoms with Crippen LogP contribution in [0.4, 0.5) is 0 Å². The van der Waals surface area contributed by atoms with E-state index in [1.807, 2.05) is 36.9 Å². The molecule has 7 nitrogen and oxygen atoms in total. The summed E-state index contributed by atoms with van der Waals surface area (Å²) < 4.78 is 16.8. The van der Waals surface area contributed by atoms with Crippen molar-refractivity contribution < 1.29 is 18.7 Å². The molecule has 0 aliphatic carbocycles. The monoisotopic (exact) mass is 387 g/mol. The summed E-state index contributed by atoms with van der Waals surface area (Å²) in [7, 11) is 5.27. The van der Waals surface area contributed by atoms with Gasteiger partial charge in [0.1, 0.15) is 5.76 Å². The van der Waals surface area contributed by atoms with Gasteiger partial charge in [-0.3, -0.25) is 4.79 Å². The van der Waals surface area contributed by atoms with Crippen LogP contribution in [0.25, 0.3) is 11.5 Å². The Morgan fingerprint density at radius 1 is 1.32 bits per heavy atom. The Morgan fingerprint density at radius 2 is 2.11 bits per heavy atom. The number of hydrogen-bond donors (Lipinski definition) is 0. The molecule has 0 radical (unpaired) electrons. The van der Waals surface area contributed by atoms with Gasteiger partial charge in [-0.2, -0.15) is 0 Å². The molecule has 0 bridgehead atoms. The van der Waals surface area contributed by atoms with E-state index in [9.17, 15) is 4.79 Å². The molecule has 1 aliphatic heterocycles. The number of aromatic nitrogens is 1. The molecule has 0 unspecified atom stereocenters. The SMILES string of the molecule is CCN1C[C@H](CN(C)Cc2nc(-c3cccc(OC)c3OC)oc2C)CC1=O. The first-order valence-corrected chi connectivity index (χ1v) is 9.60. The van der Waals surface area contributed by atoms with Crippen LogP contribution in [-0.2, 0) is 11.3 Å². The summed E-state index contributed by atoms with van der Waals surface area (Å²) in [6.45, 7) is 7.09. The molecular formula is C21H29N3O4. The third-order valence-corrected chi connectivity index (χ3v) is 5.19. The van der Waals surface area contributed by atoms with Gasteiger partial charge < -0.3 is 23.7 Å². The lowest BCUT2D eigenvalue weighted by molar-refractivity contribution is -0.127. The Morgan fingerprint density at radius 3 is 2.75 bits per heavy atom. The number of para-hydroxylation sites is 1. The summed E-state index contributed by atoms with van der Waals surface area (Å²) in [4.78, 5) is 20.8. The van der Waals surface area contributed by atoms with E-state index in [4.69, 9.17) is 18.9 Å². The van der Waals surface area contributed by atoms with E-state index < -0.39 is 0 Å². The zero-order chi connectivity index (χ0) is 20.3. The van der Waals surface area contributed by atoms with Gasteiger partial charge in [-0.05, 0) is 38.9 Å². The van der Waals surface area contributed by atoms with Gasteiger partial charge in [-0.25, -0.2) is 4.98 Å². The summed E-state index contributed by atoms with van der Waals surface area (Å²) in [5.41, 5.74) is 1.65. The molecule has 28 heavy (non-hydrogen) atoms. The molecule has 7 heteroatoms. The second kappa shape index (κ2) is 8.65. The minimum Gasteiger partial charge on any atom is -0.493 e. The van der Waals surface area contributed by atoms with Crippen molar-refractivity contribution in [1.82, 2.24) is 14.8 Å². The number of amides is 1. The van der Waals surface area contributed by atoms with Crippen LogP contribution in [0.3, 0.4) is 0 Å². The maximum Gasteiger partial charge on any atom is 0.230 e. The number of oxazole rings is 1. The van der Waals surface area contributed by atoms with Gasteiger partial charge in [-0.15, -0.1) is 0 Å². The third-order valence-electron chi connectivity index (χ3n) is 5.19. The quantitative estimate of drug-likeness (QED) is 0.694. The molecule has 1 amide bonds. The Bertz CT molecular complexity index is 833. The highest BCUT2D eigenvalue weighted by atomic mass is 16.5. The van der Waals surface area contributed by atoms with E-state index in [0.717, 1.165) is 36.7 Å². The molecular weight excluding hydrogens is 358 g/mol. The Kier molecular flexibility index (Phi) is 6.24. The topological polar surface area (TPSA) is 68.0 Å². The lowest BCUT2D eigenvalue weighted by atomic mass is 10.1. The van der Waals surface area contributed by atoms with Crippen molar-refractivity contribution in [2.24, 2.45) is 5.92 Å². The van der Waals surface area contributed by atoms with E-state index in [0.29, 0.717) is 36.3 Å². The van der Waals surface area contributed by atoms with Crippen LogP contribution in [0, 0.1) is 12.8 Å². The van der Waals surface area contributed by atoms with E-state index in [1.54, 1.807) is 14.2 Å². The van der Waals surface area contributed by atoms with Crippen LogP contribution in [0.15, 0.2) is 22.6 Å².